The maximum Gasteiger partial charge on any atom is 0.262 e. The maximum absolute atomic E-state index is 12.2. The van der Waals surface area contributed by atoms with Gasteiger partial charge in [-0.25, -0.2) is 0 Å². The van der Waals surface area contributed by atoms with Gasteiger partial charge >= 0.3 is 0 Å². The molecule has 1 aliphatic rings. The number of benzene rings is 1. The Morgan fingerprint density at radius 2 is 1.40 bits per heavy atom. The van der Waals surface area contributed by atoms with E-state index in [4.69, 9.17) is 0 Å². The number of imide groups is 1. The standard InChI is InChI=1S/C20H28N2O3/c1-2-3-4-5-6-7-8-11-14-21-18(23)15-22-19(24)16-12-9-10-13-17(16)20(22)25/h9-10,12-13H,2-8,11,14-15H2,1H3,(H,21,23). The van der Waals surface area contributed by atoms with E-state index in [-0.39, 0.29) is 24.3 Å². The molecule has 0 aromatic heterocycles. The second-order valence-corrected chi connectivity index (χ2v) is 6.57. The van der Waals surface area contributed by atoms with E-state index in [9.17, 15) is 14.4 Å². The van der Waals surface area contributed by atoms with E-state index >= 15 is 0 Å². The van der Waals surface area contributed by atoms with Crippen LogP contribution in [0.15, 0.2) is 24.3 Å². The van der Waals surface area contributed by atoms with Crippen LogP contribution in [0, 0.1) is 0 Å². The van der Waals surface area contributed by atoms with E-state index in [0.717, 1.165) is 17.7 Å². The monoisotopic (exact) mass is 344 g/mol. The summed E-state index contributed by atoms with van der Waals surface area (Å²) in [6.45, 7) is 2.60. The van der Waals surface area contributed by atoms with Crippen molar-refractivity contribution in [3.63, 3.8) is 0 Å². The quantitative estimate of drug-likeness (QED) is 0.493. The zero-order valence-corrected chi connectivity index (χ0v) is 15.1. The lowest BCUT2D eigenvalue weighted by Crippen LogP contribution is -2.40. The molecule has 0 atom stereocenters. The summed E-state index contributed by atoms with van der Waals surface area (Å²) in [6, 6.07) is 6.67. The molecule has 2 rings (SSSR count). The molecule has 0 bridgehead atoms. The van der Waals surface area contributed by atoms with Crippen LogP contribution in [0.2, 0.25) is 0 Å². The van der Waals surface area contributed by atoms with Gasteiger partial charge in [0.05, 0.1) is 11.1 Å². The van der Waals surface area contributed by atoms with Crippen LogP contribution in [0.5, 0.6) is 0 Å². The molecule has 3 amide bonds. The minimum atomic E-state index is -0.386. The highest BCUT2D eigenvalue weighted by atomic mass is 16.2. The molecule has 0 aliphatic carbocycles. The van der Waals surface area contributed by atoms with Gasteiger partial charge < -0.3 is 5.32 Å². The lowest BCUT2D eigenvalue weighted by Gasteiger charge is -2.13. The molecule has 25 heavy (non-hydrogen) atoms. The number of nitrogens with zero attached hydrogens (tertiary/aromatic N) is 1. The minimum Gasteiger partial charge on any atom is -0.355 e. The molecular formula is C20H28N2O3. The molecule has 0 saturated heterocycles. The third-order valence-corrected chi connectivity index (χ3v) is 4.53. The highest BCUT2D eigenvalue weighted by molar-refractivity contribution is 6.22. The first kappa shape index (κ1) is 19.2. The van der Waals surface area contributed by atoms with Crippen LogP contribution in [0.25, 0.3) is 0 Å². The largest absolute Gasteiger partial charge is 0.355 e. The average Bonchev–Trinajstić information content (AvgIpc) is 2.86. The lowest BCUT2D eigenvalue weighted by atomic mass is 10.1. The fourth-order valence-electron chi connectivity index (χ4n) is 3.07. The van der Waals surface area contributed by atoms with E-state index in [0.29, 0.717) is 17.7 Å². The second-order valence-electron chi connectivity index (χ2n) is 6.57. The summed E-state index contributed by atoms with van der Waals surface area (Å²) in [5.41, 5.74) is 0.756. The zero-order chi connectivity index (χ0) is 18.1. The second kappa shape index (κ2) is 9.97. The number of carbonyl (C=O) groups excluding carboxylic acids is 3. The molecule has 1 aromatic carbocycles. The number of carbonyl (C=O) groups is 3. The Bertz CT molecular complexity index is 578. The van der Waals surface area contributed by atoms with Crippen LogP contribution >= 0.6 is 0 Å². The van der Waals surface area contributed by atoms with E-state index in [1.54, 1.807) is 24.3 Å². The predicted molar refractivity (Wildman–Crippen MR) is 97.4 cm³/mol. The highest BCUT2D eigenvalue weighted by Gasteiger charge is 2.36. The summed E-state index contributed by atoms with van der Waals surface area (Å²) in [5, 5.41) is 2.80. The number of fused-ring (bicyclic) bond motifs is 1. The number of nitrogens with one attached hydrogen (secondary N) is 1. The van der Waals surface area contributed by atoms with Gasteiger partial charge in [-0.3, -0.25) is 19.3 Å². The summed E-state index contributed by atoms with van der Waals surface area (Å²) in [7, 11) is 0. The molecule has 1 aliphatic heterocycles. The van der Waals surface area contributed by atoms with E-state index in [2.05, 4.69) is 12.2 Å². The molecule has 0 saturated carbocycles. The molecule has 1 N–H and O–H groups in total. The number of rotatable bonds is 11. The molecule has 5 nitrogen and oxygen atoms in total. The topological polar surface area (TPSA) is 66.5 Å². The number of hydrogen-bond donors (Lipinski definition) is 1. The van der Waals surface area contributed by atoms with Gasteiger partial charge in [0.15, 0.2) is 0 Å². The van der Waals surface area contributed by atoms with Gasteiger partial charge in [0.1, 0.15) is 6.54 Å². The lowest BCUT2D eigenvalue weighted by molar-refractivity contribution is -0.121. The Balaban J connectivity index is 1.62. The van der Waals surface area contributed by atoms with Crippen LogP contribution in [-0.2, 0) is 4.79 Å². The van der Waals surface area contributed by atoms with Crippen molar-refractivity contribution < 1.29 is 14.4 Å². The summed E-state index contributed by atoms with van der Waals surface area (Å²) in [5.74, 6) is -1.05. The fourth-order valence-corrected chi connectivity index (χ4v) is 3.07. The first-order valence-corrected chi connectivity index (χ1v) is 9.37. The van der Waals surface area contributed by atoms with Crippen LogP contribution in [0.4, 0.5) is 0 Å². The van der Waals surface area contributed by atoms with Crippen molar-refractivity contribution in [2.75, 3.05) is 13.1 Å². The van der Waals surface area contributed by atoms with Crippen molar-refractivity contribution in [3.05, 3.63) is 35.4 Å². The zero-order valence-electron chi connectivity index (χ0n) is 15.1. The van der Waals surface area contributed by atoms with Gasteiger partial charge in [0.2, 0.25) is 5.91 Å². The third-order valence-electron chi connectivity index (χ3n) is 4.53. The smallest absolute Gasteiger partial charge is 0.262 e. The Morgan fingerprint density at radius 3 is 1.96 bits per heavy atom. The van der Waals surface area contributed by atoms with Crippen molar-refractivity contribution in [1.82, 2.24) is 10.2 Å². The Morgan fingerprint density at radius 1 is 0.880 bits per heavy atom. The average molecular weight is 344 g/mol. The van der Waals surface area contributed by atoms with E-state index in [1.807, 2.05) is 0 Å². The molecular weight excluding hydrogens is 316 g/mol. The van der Waals surface area contributed by atoms with Crippen molar-refractivity contribution >= 4 is 17.7 Å². The molecule has 1 heterocycles. The Labute approximate surface area is 149 Å². The van der Waals surface area contributed by atoms with Crippen molar-refractivity contribution in [1.29, 1.82) is 0 Å². The van der Waals surface area contributed by atoms with Gasteiger partial charge in [0, 0.05) is 6.54 Å². The van der Waals surface area contributed by atoms with Crippen LogP contribution in [0.1, 0.15) is 79.0 Å². The summed E-state index contributed by atoms with van der Waals surface area (Å²) in [6.07, 6.45) is 9.66. The molecule has 0 radical (unpaired) electrons. The summed E-state index contributed by atoms with van der Waals surface area (Å²) < 4.78 is 0. The van der Waals surface area contributed by atoms with Crippen LogP contribution in [-0.4, -0.2) is 35.7 Å². The number of amides is 3. The van der Waals surface area contributed by atoms with Gasteiger partial charge in [0.25, 0.3) is 11.8 Å². The molecule has 136 valence electrons. The Kier molecular flexibility index (Phi) is 7.64. The third kappa shape index (κ3) is 5.41. The summed E-state index contributed by atoms with van der Waals surface area (Å²) in [4.78, 5) is 37.4. The van der Waals surface area contributed by atoms with Crippen molar-refractivity contribution in [2.24, 2.45) is 0 Å². The first-order chi connectivity index (χ1) is 12.1. The van der Waals surface area contributed by atoms with E-state index < -0.39 is 0 Å². The summed E-state index contributed by atoms with van der Waals surface area (Å²) >= 11 is 0. The van der Waals surface area contributed by atoms with Gasteiger partial charge in [-0.1, -0.05) is 64.0 Å². The SMILES string of the molecule is CCCCCCCCCCNC(=O)CN1C(=O)c2ccccc2C1=O. The first-order valence-electron chi connectivity index (χ1n) is 9.37. The molecule has 5 heteroatoms. The van der Waals surface area contributed by atoms with Crippen LogP contribution in [0.3, 0.4) is 0 Å². The molecule has 0 spiro atoms. The molecule has 0 unspecified atom stereocenters. The van der Waals surface area contributed by atoms with Gasteiger partial charge in [-0.05, 0) is 18.6 Å². The number of hydrogen-bond acceptors (Lipinski definition) is 3. The van der Waals surface area contributed by atoms with Crippen molar-refractivity contribution in [3.8, 4) is 0 Å². The van der Waals surface area contributed by atoms with Crippen LogP contribution < -0.4 is 5.32 Å². The van der Waals surface area contributed by atoms with Gasteiger partial charge in [-0.2, -0.15) is 0 Å². The Hall–Kier alpha value is -2.17. The van der Waals surface area contributed by atoms with Gasteiger partial charge in [-0.15, -0.1) is 0 Å². The minimum absolute atomic E-state index is 0.205. The molecule has 1 aromatic rings. The highest BCUT2D eigenvalue weighted by Crippen LogP contribution is 2.21. The number of unbranched alkanes of at least 4 members (excludes halogenated alkanes) is 7. The maximum atomic E-state index is 12.2. The molecule has 0 fully saturated rings. The normalized spacial score (nSPS) is 13.2. The fraction of sp³-hybridized carbons (Fsp3) is 0.550. The predicted octanol–water partition coefficient (Wildman–Crippen LogP) is 3.54. The van der Waals surface area contributed by atoms with E-state index in [1.165, 1.54) is 38.5 Å². The van der Waals surface area contributed by atoms with Crippen molar-refractivity contribution in [2.45, 2.75) is 58.3 Å².